The highest BCUT2D eigenvalue weighted by molar-refractivity contribution is 6.61. The number of carbonyl (C=O) groups is 1. The van der Waals surface area contributed by atoms with Gasteiger partial charge < -0.3 is 14.3 Å². The molecule has 5 nitrogen and oxygen atoms in total. The molecule has 1 N–H and O–H groups in total. The second-order valence-corrected chi connectivity index (χ2v) is 5.41. The lowest BCUT2D eigenvalue weighted by Gasteiger charge is -2.32. The molecule has 1 aromatic rings. The summed E-state index contributed by atoms with van der Waals surface area (Å²) < 4.78 is 11.6. The van der Waals surface area contributed by atoms with Gasteiger partial charge in [-0.05, 0) is 27.7 Å². The molecule has 0 spiro atoms. The summed E-state index contributed by atoms with van der Waals surface area (Å²) >= 11 is 0. The molecule has 2 heterocycles. The summed E-state index contributed by atoms with van der Waals surface area (Å²) in [5.41, 5.74) is -0.650. The SMILES string of the molecule is CC1(C)OB(c2cc(=O)c(C=O)c[nH]2)OC1(C)C. The fraction of sp³-hybridized carbons (Fsp3) is 0.500. The van der Waals surface area contributed by atoms with Crippen molar-refractivity contribution in [2.45, 2.75) is 38.9 Å². The minimum atomic E-state index is -0.622. The van der Waals surface area contributed by atoms with Gasteiger partial charge in [-0.2, -0.15) is 0 Å². The molecule has 0 aromatic carbocycles. The van der Waals surface area contributed by atoms with Crippen LogP contribution in [-0.4, -0.2) is 29.6 Å². The van der Waals surface area contributed by atoms with Crippen LogP contribution in [0, 0.1) is 0 Å². The predicted molar refractivity (Wildman–Crippen MR) is 68.2 cm³/mol. The van der Waals surface area contributed by atoms with E-state index in [4.69, 9.17) is 9.31 Å². The first-order chi connectivity index (χ1) is 8.27. The zero-order chi connectivity index (χ0) is 13.6. The fourth-order valence-electron chi connectivity index (χ4n) is 1.70. The number of aldehydes is 1. The fourth-order valence-corrected chi connectivity index (χ4v) is 1.70. The molecule has 2 rings (SSSR count). The lowest BCUT2D eigenvalue weighted by molar-refractivity contribution is 0.00578. The van der Waals surface area contributed by atoms with E-state index in [2.05, 4.69) is 4.98 Å². The highest BCUT2D eigenvalue weighted by atomic mass is 16.7. The minimum Gasteiger partial charge on any atom is -0.398 e. The van der Waals surface area contributed by atoms with Crippen LogP contribution in [0.5, 0.6) is 0 Å². The largest absolute Gasteiger partial charge is 0.512 e. The Bertz CT molecular complexity index is 519. The van der Waals surface area contributed by atoms with Crippen molar-refractivity contribution in [3.63, 3.8) is 0 Å². The van der Waals surface area contributed by atoms with Gasteiger partial charge >= 0.3 is 7.12 Å². The number of rotatable bonds is 2. The van der Waals surface area contributed by atoms with Gasteiger partial charge in [-0.15, -0.1) is 0 Å². The summed E-state index contributed by atoms with van der Waals surface area (Å²) in [6, 6.07) is 1.34. The lowest BCUT2D eigenvalue weighted by Crippen LogP contribution is -2.41. The van der Waals surface area contributed by atoms with E-state index in [1.165, 1.54) is 12.3 Å². The van der Waals surface area contributed by atoms with Gasteiger partial charge in [0.25, 0.3) is 0 Å². The highest BCUT2D eigenvalue weighted by Gasteiger charge is 2.52. The predicted octanol–water partition coefficient (Wildman–Crippen LogP) is 0.487. The molecule has 6 heteroatoms. The average Bonchev–Trinajstić information content (AvgIpc) is 2.48. The summed E-state index contributed by atoms with van der Waals surface area (Å²) in [5.74, 6) is 0. The molecule has 1 aliphatic heterocycles. The Balaban J connectivity index is 2.33. The van der Waals surface area contributed by atoms with Crippen LogP contribution in [0.3, 0.4) is 0 Å². The van der Waals surface area contributed by atoms with Crippen LogP contribution >= 0.6 is 0 Å². The molecule has 1 aromatic heterocycles. The molecule has 1 saturated heterocycles. The lowest BCUT2D eigenvalue weighted by atomic mass is 9.84. The van der Waals surface area contributed by atoms with Gasteiger partial charge in [-0.3, -0.25) is 9.59 Å². The third kappa shape index (κ3) is 2.02. The monoisotopic (exact) mass is 249 g/mol. The molecule has 0 unspecified atom stereocenters. The third-order valence-electron chi connectivity index (χ3n) is 3.60. The zero-order valence-corrected chi connectivity index (χ0v) is 10.9. The quantitative estimate of drug-likeness (QED) is 0.611. The van der Waals surface area contributed by atoms with Crippen molar-refractivity contribution in [3.05, 3.63) is 28.0 Å². The molecule has 18 heavy (non-hydrogen) atoms. The Morgan fingerprint density at radius 2 is 1.78 bits per heavy atom. The van der Waals surface area contributed by atoms with E-state index in [9.17, 15) is 9.59 Å². The highest BCUT2D eigenvalue weighted by Crippen LogP contribution is 2.36. The average molecular weight is 249 g/mol. The third-order valence-corrected chi connectivity index (χ3v) is 3.60. The Hall–Kier alpha value is -1.40. The molecule has 0 bridgehead atoms. The number of aromatic amines is 1. The Morgan fingerprint density at radius 3 is 2.22 bits per heavy atom. The van der Waals surface area contributed by atoms with Crippen molar-refractivity contribution < 1.29 is 14.1 Å². The maximum absolute atomic E-state index is 11.6. The molecular formula is C12H16BNO4. The van der Waals surface area contributed by atoms with Crippen LogP contribution in [0.15, 0.2) is 17.1 Å². The number of H-pyrrole nitrogens is 1. The molecule has 1 fully saturated rings. The number of nitrogens with one attached hydrogen (secondary N) is 1. The number of carbonyl (C=O) groups excluding carboxylic acids is 1. The molecular weight excluding hydrogens is 233 g/mol. The van der Waals surface area contributed by atoms with Gasteiger partial charge in [0.15, 0.2) is 11.7 Å². The van der Waals surface area contributed by atoms with Crippen molar-refractivity contribution in [2.24, 2.45) is 0 Å². The first-order valence-corrected chi connectivity index (χ1v) is 5.80. The Morgan fingerprint density at radius 1 is 1.22 bits per heavy atom. The van der Waals surface area contributed by atoms with Gasteiger partial charge in [0.1, 0.15) is 0 Å². The Labute approximate surface area is 106 Å². The molecule has 0 amide bonds. The summed E-state index contributed by atoms with van der Waals surface area (Å²) in [5, 5.41) is 0. The minimum absolute atomic E-state index is 0.0928. The van der Waals surface area contributed by atoms with E-state index in [0.29, 0.717) is 11.9 Å². The maximum atomic E-state index is 11.6. The van der Waals surface area contributed by atoms with E-state index in [0.717, 1.165) is 0 Å². The van der Waals surface area contributed by atoms with Crippen molar-refractivity contribution in [3.8, 4) is 0 Å². The molecule has 0 aliphatic carbocycles. The van der Waals surface area contributed by atoms with E-state index < -0.39 is 18.3 Å². The normalized spacial score (nSPS) is 21.0. The standard InChI is InChI=1S/C12H16BNO4/c1-11(2)12(3,4)18-13(17-11)10-5-9(16)8(7-15)6-14-10/h5-7H,1-4H3,(H,14,16). The zero-order valence-electron chi connectivity index (χ0n) is 10.9. The molecule has 0 saturated carbocycles. The van der Waals surface area contributed by atoms with Gasteiger partial charge in [0.05, 0.1) is 16.8 Å². The molecule has 96 valence electrons. The van der Waals surface area contributed by atoms with Crippen LogP contribution in [0.25, 0.3) is 0 Å². The second kappa shape index (κ2) is 4.07. The molecule has 0 radical (unpaired) electrons. The van der Waals surface area contributed by atoms with Crippen LogP contribution in [0.2, 0.25) is 0 Å². The summed E-state index contributed by atoms with van der Waals surface area (Å²) in [6.07, 6.45) is 1.89. The van der Waals surface area contributed by atoms with Crippen LogP contribution in [-0.2, 0) is 9.31 Å². The second-order valence-electron chi connectivity index (χ2n) is 5.41. The van der Waals surface area contributed by atoms with Gasteiger partial charge in [0.2, 0.25) is 0 Å². The Kier molecular flexibility index (Phi) is 2.95. The van der Waals surface area contributed by atoms with Crippen LogP contribution in [0.4, 0.5) is 0 Å². The van der Waals surface area contributed by atoms with Gasteiger partial charge in [-0.1, -0.05) is 0 Å². The first kappa shape index (κ1) is 13.0. The topological polar surface area (TPSA) is 68.4 Å². The summed E-state index contributed by atoms with van der Waals surface area (Å²) in [4.78, 5) is 25.0. The van der Waals surface area contributed by atoms with Crippen LogP contribution in [0.1, 0.15) is 38.1 Å². The molecule has 1 aliphatic rings. The van der Waals surface area contributed by atoms with Crippen molar-refractivity contribution in [1.29, 1.82) is 0 Å². The summed E-state index contributed by atoms with van der Waals surface area (Å²) in [6.45, 7) is 7.74. The van der Waals surface area contributed by atoms with E-state index in [1.54, 1.807) is 0 Å². The van der Waals surface area contributed by atoms with Gasteiger partial charge in [0, 0.05) is 17.9 Å². The van der Waals surface area contributed by atoms with E-state index in [-0.39, 0.29) is 11.0 Å². The maximum Gasteiger partial charge on any atom is 0.512 e. The molecule has 0 atom stereocenters. The number of pyridine rings is 1. The number of aromatic nitrogens is 1. The smallest absolute Gasteiger partial charge is 0.398 e. The van der Waals surface area contributed by atoms with E-state index in [1.807, 2.05) is 27.7 Å². The first-order valence-electron chi connectivity index (χ1n) is 5.80. The van der Waals surface area contributed by atoms with E-state index >= 15 is 0 Å². The van der Waals surface area contributed by atoms with Crippen molar-refractivity contribution in [2.75, 3.05) is 0 Å². The van der Waals surface area contributed by atoms with Crippen molar-refractivity contribution >= 4 is 19.0 Å². The van der Waals surface area contributed by atoms with Gasteiger partial charge in [-0.25, -0.2) is 0 Å². The number of hydrogen-bond acceptors (Lipinski definition) is 4. The van der Waals surface area contributed by atoms with Crippen LogP contribution < -0.4 is 11.0 Å². The van der Waals surface area contributed by atoms with Crippen molar-refractivity contribution in [1.82, 2.24) is 4.98 Å². The number of hydrogen-bond donors (Lipinski definition) is 1. The summed E-state index contributed by atoms with van der Waals surface area (Å²) in [7, 11) is -0.622.